The van der Waals surface area contributed by atoms with E-state index in [1.165, 1.54) is 38.9 Å². The first-order valence-corrected chi connectivity index (χ1v) is 7.73. The van der Waals surface area contributed by atoms with Crippen molar-refractivity contribution in [3.8, 4) is 0 Å². The van der Waals surface area contributed by atoms with E-state index in [2.05, 4.69) is 4.90 Å². The molecule has 0 spiro atoms. The number of piperidine rings is 2. The summed E-state index contributed by atoms with van der Waals surface area (Å²) < 4.78 is 0. The first-order valence-electron chi connectivity index (χ1n) is 7.73. The van der Waals surface area contributed by atoms with Crippen LogP contribution in [-0.2, 0) is 9.59 Å². The molecule has 0 aromatic rings. The van der Waals surface area contributed by atoms with Gasteiger partial charge in [-0.2, -0.15) is 0 Å². The molecular formula is C15H26N2O2. The average molecular weight is 266 g/mol. The molecule has 2 aliphatic rings. The quantitative estimate of drug-likeness (QED) is 0.711. The highest BCUT2D eigenvalue weighted by Gasteiger charge is 2.24. The Morgan fingerprint density at radius 1 is 1.05 bits per heavy atom. The summed E-state index contributed by atoms with van der Waals surface area (Å²) in [6.45, 7) is 5.51. The van der Waals surface area contributed by atoms with Crippen molar-refractivity contribution in [2.45, 2.75) is 44.9 Å². The maximum Gasteiger partial charge on any atom is 0.222 e. The largest absolute Gasteiger partial charge is 0.343 e. The molecule has 108 valence electrons. The third kappa shape index (κ3) is 4.60. The van der Waals surface area contributed by atoms with E-state index in [1.54, 1.807) is 0 Å². The topological polar surface area (TPSA) is 40.6 Å². The van der Waals surface area contributed by atoms with Gasteiger partial charge in [0.1, 0.15) is 6.29 Å². The molecule has 4 heteroatoms. The average Bonchev–Trinajstić information content (AvgIpc) is 2.46. The van der Waals surface area contributed by atoms with Crippen LogP contribution in [0.4, 0.5) is 0 Å². The SMILES string of the molecule is O=CCCC(=O)N1CCC(CN2CCCCC2)CC1. The Morgan fingerprint density at radius 3 is 2.37 bits per heavy atom. The number of carbonyl (C=O) groups is 2. The second-order valence-electron chi connectivity index (χ2n) is 5.89. The zero-order chi connectivity index (χ0) is 13.5. The summed E-state index contributed by atoms with van der Waals surface area (Å²) in [4.78, 5) is 26.6. The van der Waals surface area contributed by atoms with Gasteiger partial charge in [-0.3, -0.25) is 4.79 Å². The molecule has 19 heavy (non-hydrogen) atoms. The lowest BCUT2D eigenvalue weighted by atomic mass is 9.95. The maximum absolute atomic E-state index is 11.8. The fourth-order valence-corrected chi connectivity index (χ4v) is 3.21. The minimum absolute atomic E-state index is 0.156. The molecule has 4 nitrogen and oxygen atoms in total. The highest BCUT2D eigenvalue weighted by molar-refractivity contribution is 5.78. The van der Waals surface area contributed by atoms with Crippen LogP contribution in [0.3, 0.4) is 0 Å². The summed E-state index contributed by atoms with van der Waals surface area (Å²) in [6, 6.07) is 0. The van der Waals surface area contributed by atoms with Crippen molar-refractivity contribution in [3.05, 3.63) is 0 Å². The number of amides is 1. The molecule has 0 N–H and O–H groups in total. The van der Waals surface area contributed by atoms with E-state index in [0.717, 1.165) is 38.1 Å². The summed E-state index contributed by atoms with van der Waals surface area (Å²) in [5, 5.41) is 0. The standard InChI is InChI=1S/C15H26N2O2/c18-12-4-5-15(19)17-10-6-14(7-11-17)13-16-8-2-1-3-9-16/h12,14H,1-11,13H2. The van der Waals surface area contributed by atoms with Crippen molar-refractivity contribution < 1.29 is 9.59 Å². The monoisotopic (exact) mass is 266 g/mol. The summed E-state index contributed by atoms with van der Waals surface area (Å²) in [7, 11) is 0. The van der Waals surface area contributed by atoms with E-state index in [-0.39, 0.29) is 5.91 Å². The number of nitrogens with zero attached hydrogens (tertiary/aromatic N) is 2. The van der Waals surface area contributed by atoms with Gasteiger partial charge in [0.15, 0.2) is 0 Å². The predicted molar refractivity (Wildman–Crippen MR) is 74.9 cm³/mol. The number of carbonyl (C=O) groups excluding carboxylic acids is 2. The third-order valence-electron chi connectivity index (χ3n) is 4.41. The van der Waals surface area contributed by atoms with E-state index in [4.69, 9.17) is 0 Å². The number of likely N-dealkylation sites (tertiary alicyclic amines) is 2. The number of hydrogen-bond acceptors (Lipinski definition) is 3. The van der Waals surface area contributed by atoms with E-state index in [0.29, 0.717) is 12.8 Å². The fourth-order valence-electron chi connectivity index (χ4n) is 3.21. The summed E-state index contributed by atoms with van der Waals surface area (Å²) >= 11 is 0. The van der Waals surface area contributed by atoms with Crippen LogP contribution in [0.15, 0.2) is 0 Å². The summed E-state index contributed by atoms with van der Waals surface area (Å²) in [6.07, 6.45) is 7.94. The fraction of sp³-hybridized carbons (Fsp3) is 0.867. The third-order valence-corrected chi connectivity index (χ3v) is 4.41. The zero-order valence-electron chi connectivity index (χ0n) is 11.9. The molecular weight excluding hydrogens is 240 g/mol. The van der Waals surface area contributed by atoms with Gasteiger partial charge in [0.05, 0.1) is 0 Å². The number of aldehydes is 1. The van der Waals surface area contributed by atoms with Gasteiger partial charge in [0.25, 0.3) is 0 Å². The normalized spacial score (nSPS) is 22.4. The van der Waals surface area contributed by atoms with Gasteiger partial charge in [-0.25, -0.2) is 0 Å². The Morgan fingerprint density at radius 2 is 1.74 bits per heavy atom. The Balaban J connectivity index is 1.66. The van der Waals surface area contributed by atoms with Crippen molar-refractivity contribution in [2.75, 3.05) is 32.7 Å². The van der Waals surface area contributed by atoms with E-state index in [9.17, 15) is 9.59 Å². The van der Waals surface area contributed by atoms with Gasteiger partial charge >= 0.3 is 0 Å². The van der Waals surface area contributed by atoms with Crippen molar-refractivity contribution in [1.82, 2.24) is 9.80 Å². The van der Waals surface area contributed by atoms with Crippen molar-refractivity contribution in [1.29, 1.82) is 0 Å². The molecule has 0 aromatic heterocycles. The second kappa shape index (κ2) is 7.63. The lowest BCUT2D eigenvalue weighted by Gasteiger charge is -2.36. The molecule has 0 unspecified atom stereocenters. The Bertz CT molecular complexity index is 293. The van der Waals surface area contributed by atoms with Crippen LogP contribution in [0.2, 0.25) is 0 Å². The van der Waals surface area contributed by atoms with E-state index >= 15 is 0 Å². The highest BCUT2D eigenvalue weighted by atomic mass is 16.2. The molecule has 0 radical (unpaired) electrons. The zero-order valence-corrected chi connectivity index (χ0v) is 11.9. The Labute approximate surface area is 116 Å². The minimum atomic E-state index is 0.156. The van der Waals surface area contributed by atoms with E-state index in [1.807, 2.05) is 4.90 Å². The van der Waals surface area contributed by atoms with E-state index < -0.39 is 0 Å². The molecule has 2 heterocycles. The Kier molecular flexibility index (Phi) is 5.83. The van der Waals surface area contributed by atoms with Crippen molar-refractivity contribution in [3.63, 3.8) is 0 Å². The van der Waals surface area contributed by atoms with Gasteiger partial charge in [-0.1, -0.05) is 6.42 Å². The van der Waals surface area contributed by atoms with Crippen LogP contribution in [-0.4, -0.2) is 54.7 Å². The number of rotatable bonds is 5. The molecule has 0 bridgehead atoms. The van der Waals surface area contributed by atoms with Gasteiger partial charge in [-0.05, 0) is 44.7 Å². The van der Waals surface area contributed by atoms with Gasteiger partial charge in [0.2, 0.25) is 5.91 Å². The number of hydrogen-bond donors (Lipinski definition) is 0. The second-order valence-corrected chi connectivity index (χ2v) is 5.89. The van der Waals surface area contributed by atoms with Crippen LogP contribution < -0.4 is 0 Å². The molecule has 2 fully saturated rings. The first kappa shape index (κ1) is 14.5. The molecule has 2 rings (SSSR count). The van der Waals surface area contributed by atoms with Crippen LogP contribution in [0, 0.1) is 5.92 Å². The molecule has 2 saturated heterocycles. The van der Waals surface area contributed by atoms with Crippen LogP contribution in [0.25, 0.3) is 0 Å². The molecule has 0 aromatic carbocycles. The van der Waals surface area contributed by atoms with Gasteiger partial charge in [0, 0.05) is 32.5 Å². The van der Waals surface area contributed by atoms with Crippen LogP contribution in [0.1, 0.15) is 44.9 Å². The first-order chi connectivity index (χ1) is 9.29. The van der Waals surface area contributed by atoms with Crippen molar-refractivity contribution >= 4 is 12.2 Å². The minimum Gasteiger partial charge on any atom is -0.343 e. The predicted octanol–water partition coefficient (Wildman–Crippen LogP) is 1.69. The summed E-state index contributed by atoms with van der Waals surface area (Å²) in [5.74, 6) is 0.914. The lowest BCUT2D eigenvalue weighted by Crippen LogP contribution is -2.42. The smallest absolute Gasteiger partial charge is 0.222 e. The van der Waals surface area contributed by atoms with Crippen LogP contribution >= 0.6 is 0 Å². The highest BCUT2D eigenvalue weighted by Crippen LogP contribution is 2.21. The summed E-state index contributed by atoms with van der Waals surface area (Å²) in [5.41, 5.74) is 0. The lowest BCUT2D eigenvalue weighted by molar-refractivity contribution is -0.133. The molecule has 0 aliphatic carbocycles. The molecule has 0 atom stereocenters. The molecule has 0 saturated carbocycles. The molecule has 2 aliphatic heterocycles. The molecule has 1 amide bonds. The van der Waals surface area contributed by atoms with Crippen molar-refractivity contribution in [2.24, 2.45) is 5.92 Å². The maximum atomic E-state index is 11.8. The van der Waals surface area contributed by atoms with Gasteiger partial charge < -0.3 is 14.6 Å². The van der Waals surface area contributed by atoms with Gasteiger partial charge in [-0.15, -0.1) is 0 Å². The Hall–Kier alpha value is -0.900. The van der Waals surface area contributed by atoms with Crippen LogP contribution in [0.5, 0.6) is 0 Å².